The van der Waals surface area contributed by atoms with Gasteiger partial charge < -0.3 is 5.32 Å². The second kappa shape index (κ2) is 6.24. The van der Waals surface area contributed by atoms with Crippen molar-refractivity contribution in [1.29, 1.82) is 0 Å². The minimum atomic E-state index is 0.698. The van der Waals surface area contributed by atoms with Gasteiger partial charge in [0.05, 0.1) is 14.9 Å². The molecule has 3 aromatic rings. The first-order valence-corrected chi connectivity index (χ1v) is 7.90. The van der Waals surface area contributed by atoms with Crippen LogP contribution in [0.2, 0.25) is 4.34 Å². The van der Waals surface area contributed by atoms with Crippen LogP contribution in [0, 0.1) is 0 Å². The van der Waals surface area contributed by atoms with Crippen molar-refractivity contribution in [2.75, 3.05) is 11.9 Å². The van der Waals surface area contributed by atoms with Crippen LogP contribution >= 0.6 is 22.9 Å². The highest BCUT2D eigenvalue weighted by molar-refractivity contribution is 7.19. The van der Waals surface area contributed by atoms with E-state index in [1.807, 2.05) is 55.5 Å². The summed E-state index contributed by atoms with van der Waals surface area (Å²) >= 11 is 7.50. The number of anilines is 1. The van der Waals surface area contributed by atoms with Crippen LogP contribution in [-0.2, 0) is 0 Å². The molecule has 0 fully saturated rings. The largest absolute Gasteiger partial charge is 0.370 e. The van der Waals surface area contributed by atoms with E-state index in [0.717, 1.165) is 32.8 Å². The normalized spacial score (nSPS) is 10.6. The number of benzene rings is 1. The van der Waals surface area contributed by atoms with E-state index in [0.29, 0.717) is 5.82 Å². The quantitative estimate of drug-likeness (QED) is 0.739. The molecular weight excluding hydrogens is 302 g/mol. The molecule has 0 saturated heterocycles. The minimum Gasteiger partial charge on any atom is -0.370 e. The molecule has 0 radical (unpaired) electrons. The van der Waals surface area contributed by atoms with E-state index >= 15 is 0 Å². The predicted molar refractivity (Wildman–Crippen MR) is 90.0 cm³/mol. The number of thiophene rings is 1. The van der Waals surface area contributed by atoms with E-state index in [-0.39, 0.29) is 0 Å². The summed E-state index contributed by atoms with van der Waals surface area (Å²) in [6.45, 7) is 2.86. The lowest BCUT2D eigenvalue weighted by Gasteiger charge is -2.08. The second-order valence-electron chi connectivity index (χ2n) is 4.46. The number of rotatable bonds is 4. The molecule has 2 aromatic heterocycles. The Kier molecular flexibility index (Phi) is 4.18. The number of hydrogen-bond acceptors (Lipinski definition) is 4. The van der Waals surface area contributed by atoms with Gasteiger partial charge in [0, 0.05) is 18.2 Å². The molecule has 0 unspecified atom stereocenters. The molecule has 0 aliphatic rings. The smallest absolute Gasteiger partial charge is 0.172 e. The van der Waals surface area contributed by atoms with Gasteiger partial charge in [-0.15, -0.1) is 11.3 Å². The Labute approximate surface area is 132 Å². The minimum absolute atomic E-state index is 0.698. The fraction of sp³-hybridized carbons (Fsp3) is 0.125. The molecule has 0 atom stereocenters. The van der Waals surface area contributed by atoms with Gasteiger partial charge in [-0.05, 0) is 19.1 Å². The zero-order valence-electron chi connectivity index (χ0n) is 11.5. The molecule has 0 aliphatic carbocycles. The van der Waals surface area contributed by atoms with Crippen molar-refractivity contribution in [1.82, 2.24) is 9.97 Å². The van der Waals surface area contributed by atoms with E-state index in [9.17, 15) is 0 Å². The highest BCUT2D eigenvalue weighted by atomic mass is 35.5. The Balaban J connectivity index is 2.10. The Morgan fingerprint density at radius 2 is 1.90 bits per heavy atom. The molecule has 0 saturated carbocycles. The van der Waals surface area contributed by atoms with Crippen LogP contribution < -0.4 is 5.32 Å². The van der Waals surface area contributed by atoms with Crippen molar-refractivity contribution in [3.8, 4) is 22.0 Å². The van der Waals surface area contributed by atoms with Gasteiger partial charge in [0.2, 0.25) is 0 Å². The predicted octanol–water partition coefficient (Wildman–Crippen LogP) is 4.96. The molecule has 0 spiro atoms. The van der Waals surface area contributed by atoms with Crippen LogP contribution in [0.5, 0.6) is 0 Å². The van der Waals surface area contributed by atoms with Crippen LogP contribution in [0.4, 0.5) is 5.82 Å². The lowest BCUT2D eigenvalue weighted by molar-refractivity contribution is 1.12. The van der Waals surface area contributed by atoms with Gasteiger partial charge in [0.1, 0.15) is 5.82 Å². The van der Waals surface area contributed by atoms with Gasteiger partial charge in [-0.1, -0.05) is 41.9 Å². The van der Waals surface area contributed by atoms with Crippen molar-refractivity contribution in [2.24, 2.45) is 0 Å². The van der Waals surface area contributed by atoms with Crippen LogP contribution in [0.15, 0.2) is 48.5 Å². The first-order valence-electron chi connectivity index (χ1n) is 6.70. The molecular formula is C16H14ClN3S. The third kappa shape index (κ3) is 3.23. The van der Waals surface area contributed by atoms with Crippen LogP contribution in [0.3, 0.4) is 0 Å². The van der Waals surface area contributed by atoms with E-state index < -0.39 is 0 Å². The van der Waals surface area contributed by atoms with Gasteiger partial charge in [-0.25, -0.2) is 9.97 Å². The molecule has 1 aromatic carbocycles. The molecule has 106 valence electrons. The highest BCUT2D eigenvalue weighted by Gasteiger charge is 2.10. The summed E-state index contributed by atoms with van der Waals surface area (Å²) in [5, 5.41) is 3.26. The molecule has 3 nitrogen and oxygen atoms in total. The van der Waals surface area contributed by atoms with Gasteiger partial charge in [0.25, 0.3) is 0 Å². The zero-order valence-corrected chi connectivity index (χ0v) is 13.1. The summed E-state index contributed by atoms with van der Waals surface area (Å²) < 4.78 is 0.740. The number of halogens is 1. The Hall–Kier alpha value is -1.91. The third-order valence-electron chi connectivity index (χ3n) is 2.95. The second-order valence-corrected chi connectivity index (χ2v) is 6.18. The lowest BCUT2D eigenvalue weighted by atomic mass is 10.1. The van der Waals surface area contributed by atoms with Gasteiger partial charge in [-0.2, -0.15) is 0 Å². The maximum Gasteiger partial charge on any atom is 0.172 e. The highest BCUT2D eigenvalue weighted by Crippen LogP contribution is 2.31. The average molecular weight is 316 g/mol. The van der Waals surface area contributed by atoms with Crippen LogP contribution in [-0.4, -0.2) is 16.5 Å². The van der Waals surface area contributed by atoms with Crippen molar-refractivity contribution < 1.29 is 0 Å². The standard InChI is InChI=1S/C16H14ClN3S/c1-2-18-15-10-12(11-6-4-3-5-7-11)19-16(20-15)13-8-9-14(17)21-13/h3-10H,2H2,1H3,(H,18,19,20). The van der Waals surface area contributed by atoms with E-state index in [1.54, 1.807) is 0 Å². The number of aromatic nitrogens is 2. The third-order valence-corrected chi connectivity index (χ3v) is 4.17. The maximum atomic E-state index is 6.02. The van der Waals surface area contributed by atoms with Crippen molar-refractivity contribution >= 4 is 28.8 Å². The van der Waals surface area contributed by atoms with Crippen molar-refractivity contribution in [3.05, 3.63) is 52.9 Å². The molecule has 1 N–H and O–H groups in total. The summed E-state index contributed by atoms with van der Waals surface area (Å²) in [5.41, 5.74) is 1.98. The van der Waals surface area contributed by atoms with Crippen molar-refractivity contribution in [2.45, 2.75) is 6.92 Å². The van der Waals surface area contributed by atoms with E-state index in [4.69, 9.17) is 11.6 Å². The summed E-state index contributed by atoms with van der Waals surface area (Å²) in [4.78, 5) is 10.2. The molecule has 0 aliphatic heterocycles. The van der Waals surface area contributed by atoms with Crippen molar-refractivity contribution in [3.63, 3.8) is 0 Å². The Morgan fingerprint density at radius 3 is 2.57 bits per heavy atom. The summed E-state index contributed by atoms with van der Waals surface area (Å²) in [6.07, 6.45) is 0. The fourth-order valence-corrected chi connectivity index (χ4v) is 3.00. The SMILES string of the molecule is CCNc1cc(-c2ccccc2)nc(-c2ccc(Cl)s2)n1. The maximum absolute atomic E-state index is 6.02. The first-order chi connectivity index (χ1) is 10.3. The monoisotopic (exact) mass is 315 g/mol. The van der Waals surface area contributed by atoms with Gasteiger partial charge in [-0.3, -0.25) is 0 Å². The molecule has 0 amide bonds. The van der Waals surface area contributed by atoms with Crippen LogP contribution in [0.25, 0.3) is 22.0 Å². The summed E-state index contributed by atoms with van der Waals surface area (Å²) in [7, 11) is 0. The molecule has 21 heavy (non-hydrogen) atoms. The number of nitrogens with zero attached hydrogens (tertiary/aromatic N) is 2. The number of nitrogens with one attached hydrogen (secondary N) is 1. The average Bonchev–Trinajstić information content (AvgIpc) is 2.95. The Morgan fingerprint density at radius 1 is 1.10 bits per heavy atom. The Bertz CT molecular complexity index is 740. The van der Waals surface area contributed by atoms with Gasteiger partial charge >= 0.3 is 0 Å². The van der Waals surface area contributed by atoms with Crippen LogP contribution in [0.1, 0.15) is 6.92 Å². The lowest BCUT2D eigenvalue weighted by Crippen LogP contribution is -2.02. The first kappa shape index (κ1) is 14.0. The zero-order chi connectivity index (χ0) is 14.7. The molecule has 0 bridgehead atoms. The number of hydrogen-bond donors (Lipinski definition) is 1. The molecule has 2 heterocycles. The topological polar surface area (TPSA) is 37.8 Å². The molecule has 5 heteroatoms. The summed E-state index contributed by atoms with van der Waals surface area (Å²) in [5.74, 6) is 1.52. The molecule has 3 rings (SSSR count). The van der Waals surface area contributed by atoms with E-state index in [2.05, 4.69) is 15.3 Å². The van der Waals surface area contributed by atoms with Gasteiger partial charge in [0.15, 0.2) is 5.82 Å². The summed E-state index contributed by atoms with van der Waals surface area (Å²) in [6, 6.07) is 15.9. The van der Waals surface area contributed by atoms with E-state index in [1.165, 1.54) is 11.3 Å². The fourth-order valence-electron chi connectivity index (χ4n) is 2.02.